The van der Waals surface area contributed by atoms with Gasteiger partial charge in [0.1, 0.15) is 6.04 Å². The molecule has 0 fully saturated rings. The van der Waals surface area contributed by atoms with Crippen molar-refractivity contribution in [3.8, 4) is 0 Å². The van der Waals surface area contributed by atoms with Gasteiger partial charge >= 0.3 is 18.1 Å². The minimum Gasteiger partial charge on any atom is -0.469 e. The zero-order valence-electron chi connectivity index (χ0n) is 13.8. The first-order valence-corrected chi connectivity index (χ1v) is 7.24. The summed E-state index contributed by atoms with van der Waals surface area (Å²) in [6, 6.07) is 2.56. The molecule has 9 heteroatoms. The number of alkyl halides is 3. The molecule has 2 atom stereocenters. The van der Waals surface area contributed by atoms with Crippen LogP contribution in [0.4, 0.5) is 13.2 Å². The van der Waals surface area contributed by atoms with Gasteiger partial charge in [-0.1, -0.05) is 13.0 Å². The van der Waals surface area contributed by atoms with Gasteiger partial charge in [0.15, 0.2) is 0 Å². The Balaban J connectivity index is 2.95. The van der Waals surface area contributed by atoms with Crippen LogP contribution in [0.5, 0.6) is 0 Å². The smallest absolute Gasteiger partial charge is 0.416 e. The quantitative estimate of drug-likeness (QED) is 0.786. The lowest BCUT2D eigenvalue weighted by Crippen LogP contribution is -2.43. The molecule has 138 valence electrons. The summed E-state index contributed by atoms with van der Waals surface area (Å²) in [5, 5.41) is 2.28. The van der Waals surface area contributed by atoms with Crippen LogP contribution in [0.15, 0.2) is 24.3 Å². The molecular weight excluding hydrogens is 343 g/mol. The summed E-state index contributed by atoms with van der Waals surface area (Å²) in [5.41, 5.74) is -1.26. The highest BCUT2D eigenvalue weighted by Crippen LogP contribution is 2.29. The van der Waals surface area contributed by atoms with Crippen LogP contribution in [0.3, 0.4) is 0 Å². The van der Waals surface area contributed by atoms with Crippen LogP contribution in [-0.4, -0.2) is 38.1 Å². The molecule has 1 aromatic rings. The van der Waals surface area contributed by atoms with Crippen LogP contribution in [-0.2, 0) is 25.2 Å². The third-order valence-electron chi connectivity index (χ3n) is 3.44. The summed E-state index contributed by atoms with van der Waals surface area (Å²) in [6.07, 6.45) is -4.72. The predicted octanol–water partition coefficient (Wildman–Crippen LogP) is 2.18. The number of benzene rings is 1. The van der Waals surface area contributed by atoms with Crippen LogP contribution < -0.4 is 5.32 Å². The normalized spacial score (nSPS) is 13.5. The maximum Gasteiger partial charge on any atom is 0.416 e. The maximum absolute atomic E-state index is 12.7. The largest absolute Gasteiger partial charge is 0.469 e. The topological polar surface area (TPSA) is 81.7 Å². The molecule has 1 aromatic carbocycles. The molecule has 0 aromatic heterocycles. The lowest BCUT2D eigenvalue weighted by molar-refractivity contribution is -0.147. The van der Waals surface area contributed by atoms with Gasteiger partial charge in [-0.25, -0.2) is 4.79 Å². The third kappa shape index (κ3) is 5.77. The first-order chi connectivity index (χ1) is 11.6. The molecule has 0 spiro atoms. The van der Waals surface area contributed by atoms with E-state index in [9.17, 15) is 27.6 Å². The molecule has 0 aliphatic carbocycles. The van der Waals surface area contributed by atoms with Crippen LogP contribution in [0.25, 0.3) is 0 Å². The zero-order chi connectivity index (χ0) is 19.2. The summed E-state index contributed by atoms with van der Waals surface area (Å²) in [4.78, 5) is 35.4. The number of methoxy groups -OCH3 is 2. The Morgan fingerprint density at radius 1 is 1.12 bits per heavy atom. The Morgan fingerprint density at radius 2 is 1.72 bits per heavy atom. The summed E-state index contributed by atoms with van der Waals surface area (Å²) >= 11 is 0. The number of carbonyl (C=O) groups excluding carboxylic acids is 3. The summed E-state index contributed by atoms with van der Waals surface area (Å²) in [7, 11) is 2.27. The predicted molar refractivity (Wildman–Crippen MR) is 80.5 cm³/mol. The molecule has 6 nitrogen and oxygen atoms in total. The van der Waals surface area contributed by atoms with Gasteiger partial charge in [-0.3, -0.25) is 9.59 Å². The molecule has 0 heterocycles. The lowest BCUT2D eigenvalue weighted by atomic mass is 10.0. The van der Waals surface area contributed by atoms with Gasteiger partial charge in [-0.15, -0.1) is 0 Å². The van der Waals surface area contributed by atoms with Gasteiger partial charge < -0.3 is 14.8 Å². The highest BCUT2D eigenvalue weighted by atomic mass is 19.4. The lowest BCUT2D eigenvalue weighted by Gasteiger charge is -2.19. The van der Waals surface area contributed by atoms with Crippen molar-refractivity contribution in [3.63, 3.8) is 0 Å². The summed E-state index contributed by atoms with van der Waals surface area (Å²) in [5.74, 6) is -3.03. The van der Waals surface area contributed by atoms with Crippen molar-refractivity contribution in [3.05, 3.63) is 35.4 Å². The van der Waals surface area contributed by atoms with Gasteiger partial charge in [0, 0.05) is 5.56 Å². The van der Waals surface area contributed by atoms with E-state index in [2.05, 4.69) is 14.8 Å². The number of amides is 1. The Bertz CT molecular complexity index is 645. The number of carbonyl (C=O) groups is 3. The van der Waals surface area contributed by atoms with E-state index in [4.69, 9.17) is 0 Å². The van der Waals surface area contributed by atoms with Gasteiger partial charge in [0.05, 0.1) is 25.7 Å². The Morgan fingerprint density at radius 3 is 2.24 bits per heavy atom. The second kappa shape index (κ2) is 8.50. The standard InChI is InChI=1S/C16H18F3NO5/c1-9(14(22)24-2)7-12(15(23)25-3)20-13(21)10-5-4-6-11(8-10)16(17,18)19/h4-6,8-9,12H,7H2,1-3H3,(H,20,21)/t9-,12+/m1/s1. The molecular formula is C16H18F3NO5. The molecule has 1 N–H and O–H groups in total. The SMILES string of the molecule is COC(=O)[C@H](C)C[C@H](NC(=O)c1cccc(C(F)(F)F)c1)C(=O)OC. The molecule has 0 unspecified atom stereocenters. The van der Waals surface area contributed by atoms with Crippen molar-refractivity contribution in [1.82, 2.24) is 5.32 Å². The fraction of sp³-hybridized carbons (Fsp3) is 0.438. The van der Waals surface area contributed by atoms with E-state index in [1.807, 2.05) is 0 Å². The number of nitrogens with one attached hydrogen (secondary N) is 1. The van der Waals surface area contributed by atoms with Crippen LogP contribution in [0, 0.1) is 5.92 Å². The summed E-state index contributed by atoms with van der Waals surface area (Å²) < 4.78 is 47.3. The van der Waals surface area contributed by atoms with E-state index >= 15 is 0 Å². The van der Waals surface area contributed by atoms with Crippen molar-refractivity contribution in [2.45, 2.75) is 25.6 Å². The molecule has 1 amide bonds. The fourth-order valence-corrected chi connectivity index (χ4v) is 2.09. The van der Waals surface area contributed by atoms with E-state index < -0.39 is 41.5 Å². The van der Waals surface area contributed by atoms with Gasteiger partial charge in [-0.05, 0) is 24.6 Å². The van der Waals surface area contributed by atoms with E-state index in [-0.39, 0.29) is 12.0 Å². The minimum atomic E-state index is -4.60. The average molecular weight is 361 g/mol. The molecule has 0 radical (unpaired) electrons. The number of hydrogen-bond acceptors (Lipinski definition) is 5. The molecule has 25 heavy (non-hydrogen) atoms. The van der Waals surface area contributed by atoms with Gasteiger partial charge in [0.2, 0.25) is 0 Å². The first-order valence-electron chi connectivity index (χ1n) is 7.24. The molecule has 0 aliphatic rings. The highest BCUT2D eigenvalue weighted by molar-refractivity contribution is 5.97. The first kappa shape index (κ1) is 20.5. The van der Waals surface area contributed by atoms with Crippen molar-refractivity contribution < 1.29 is 37.0 Å². The Kier molecular flexibility index (Phi) is 6.96. The second-order valence-electron chi connectivity index (χ2n) is 5.29. The Hall–Kier alpha value is -2.58. The van der Waals surface area contributed by atoms with E-state index in [0.29, 0.717) is 6.07 Å². The molecule has 0 aliphatic heterocycles. The molecule has 0 saturated carbocycles. The Labute approximate surface area is 142 Å². The molecule has 1 rings (SSSR count). The van der Waals surface area contributed by atoms with Crippen molar-refractivity contribution in [2.24, 2.45) is 5.92 Å². The van der Waals surface area contributed by atoms with Crippen LogP contribution >= 0.6 is 0 Å². The second-order valence-corrected chi connectivity index (χ2v) is 5.29. The van der Waals surface area contributed by atoms with E-state index in [0.717, 1.165) is 19.2 Å². The number of rotatable bonds is 6. The minimum absolute atomic E-state index is 0.121. The van der Waals surface area contributed by atoms with Crippen molar-refractivity contribution in [2.75, 3.05) is 14.2 Å². The highest BCUT2D eigenvalue weighted by Gasteiger charge is 2.32. The third-order valence-corrected chi connectivity index (χ3v) is 3.44. The summed E-state index contributed by atoms with van der Waals surface area (Å²) in [6.45, 7) is 1.48. The van der Waals surface area contributed by atoms with E-state index in [1.54, 1.807) is 0 Å². The van der Waals surface area contributed by atoms with Gasteiger partial charge in [-0.2, -0.15) is 13.2 Å². The molecule has 0 saturated heterocycles. The van der Waals surface area contributed by atoms with Crippen molar-refractivity contribution >= 4 is 17.8 Å². The van der Waals surface area contributed by atoms with Gasteiger partial charge in [0.25, 0.3) is 5.91 Å². The maximum atomic E-state index is 12.7. The fourth-order valence-electron chi connectivity index (χ4n) is 2.09. The average Bonchev–Trinajstić information content (AvgIpc) is 2.58. The van der Waals surface area contributed by atoms with Crippen LogP contribution in [0.1, 0.15) is 29.3 Å². The van der Waals surface area contributed by atoms with E-state index in [1.165, 1.54) is 20.1 Å². The number of esters is 2. The molecule has 0 bridgehead atoms. The number of hydrogen-bond donors (Lipinski definition) is 1. The number of ether oxygens (including phenoxy) is 2. The monoisotopic (exact) mass is 361 g/mol. The van der Waals surface area contributed by atoms with Crippen molar-refractivity contribution in [1.29, 1.82) is 0 Å². The number of halogens is 3. The van der Waals surface area contributed by atoms with Crippen LogP contribution in [0.2, 0.25) is 0 Å². The zero-order valence-corrected chi connectivity index (χ0v) is 13.8.